The van der Waals surface area contributed by atoms with Crippen LogP contribution in [0.1, 0.15) is 30.7 Å². The van der Waals surface area contributed by atoms with Crippen molar-refractivity contribution in [1.82, 2.24) is 9.80 Å². The van der Waals surface area contributed by atoms with Crippen molar-refractivity contribution < 1.29 is 14.6 Å². The van der Waals surface area contributed by atoms with E-state index in [9.17, 15) is 4.79 Å². The van der Waals surface area contributed by atoms with Crippen LogP contribution in [0.3, 0.4) is 0 Å². The predicted molar refractivity (Wildman–Crippen MR) is 97.4 cm³/mol. The number of aliphatic hydroxyl groups is 1. The molecule has 1 amide bonds. The van der Waals surface area contributed by atoms with Gasteiger partial charge >= 0.3 is 0 Å². The van der Waals surface area contributed by atoms with Crippen molar-refractivity contribution in [2.75, 3.05) is 53.0 Å². The summed E-state index contributed by atoms with van der Waals surface area (Å²) in [6, 6.07) is 10.2. The fourth-order valence-corrected chi connectivity index (χ4v) is 4.35. The van der Waals surface area contributed by atoms with Gasteiger partial charge in [0.25, 0.3) is 0 Å². The monoisotopic (exact) mass is 346 g/mol. The summed E-state index contributed by atoms with van der Waals surface area (Å²) in [5.74, 6) is 0.260. The molecule has 2 aliphatic heterocycles. The summed E-state index contributed by atoms with van der Waals surface area (Å²) in [6.45, 7) is 5.11. The molecule has 25 heavy (non-hydrogen) atoms. The molecule has 1 atom stereocenters. The molecule has 2 heterocycles. The first kappa shape index (κ1) is 18.4. The van der Waals surface area contributed by atoms with Crippen LogP contribution in [0.15, 0.2) is 30.3 Å². The second-order valence-electron chi connectivity index (χ2n) is 7.54. The summed E-state index contributed by atoms with van der Waals surface area (Å²) in [6.07, 6.45) is 3.23. The molecule has 5 heteroatoms. The van der Waals surface area contributed by atoms with Crippen molar-refractivity contribution in [3.05, 3.63) is 35.9 Å². The summed E-state index contributed by atoms with van der Waals surface area (Å²) in [5, 5.41) is 8.76. The SMILES string of the molecule is CN1CC2(CCN(CCOCCO)CC2)C[C@@H](c2ccccc2)C1=O. The van der Waals surface area contributed by atoms with Gasteiger partial charge in [-0.25, -0.2) is 0 Å². The third kappa shape index (κ3) is 4.40. The molecule has 1 spiro atoms. The molecular formula is C20H30N2O3. The van der Waals surface area contributed by atoms with Crippen LogP contribution in [-0.2, 0) is 9.53 Å². The van der Waals surface area contributed by atoms with Crippen LogP contribution in [0, 0.1) is 5.41 Å². The smallest absolute Gasteiger partial charge is 0.229 e. The zero-order valence-corrected chi connectivity index (χ0v) is 15.2. The van der Waals surface area contributed by atoms with Gasteiger partial charge in [-0.1, -0.05) is 30.3 Å². The summed E-state index contributed by atoms with van der Waals surface area (Å²) in [7, 11) is 1.95. The van der Waals surface area contributed by atoms with Crippen molar-refractivity contribution in [2.24, 2.45) is 5.41 Å². The molecule has 2 aliphatic rings. The largest absolute Gasteiger partial charge is 0.394 e. The van der Waals surface area contributed by atoms with Gasteiger partial charge in [-0.2, -0.15) is 0 Å². The van der Waals surface area contributed by atoms with Crippen LogP contribution >= 0.6 is 0 Å². The minimum absolute atomic E-state index is 0.000567. The maximum atomic E-state index is 12.7. The Labute approximate surface area is 150 Å². The summed E-state index contributed by atoms with van der Waals surface area (Å²) in [4.78, 5) is 17.1. The average molecular weight is 346 g/mol. The number of carbonyl (C=O) groups excluding carboxylic acids is 1. The van der Waals surface area contributed by atoms with E-state index in [2.05, 4.69) is 17.0 Å². The quantitative estimate of drug-likeness (QED) is 0.797. The number of benzene rings is 1. The molecule has 3 rings (SSSR count). The van der Waals surface area contributed by atoms with E-state index >= 15 is 0 Å². The molecule has 0 bridgehead atoms. The molecule has 1 aromatic rings. The summed E-state index contributed by atoms with van der Waals surface area (Å²) >= 11 is 0. The van der Waals surface area contributed by atoms with E-state index in [1.165, 1.54) is 0 Å². The molecule has 0 radical (unpaired) electrons. The molecule has 1 aromatic carbocycles. The lowest BCUT2D eigenvalue weighted by Crippen LogP contribution is -2.53. The number of piperidine rings is 2. The van der Waals surface area contributed by atoms with Gasteiger partial charge in [0.1, 0.15) is 0 Å². The van der Waals surface area contributed by atoms with E-state index < -0.39 is 0 Å². The molecule has 0 aliphatic carbocycles. The zero-order valence-electron chi connectivity index (χ0n) is 15.2. The van der Waals surface area contributed by atoms with Crippen LogP contribution in [-0.4, -0.2) is 73.9 Å². The highest BCUT2D eigenvalue weighted by molar-refractivity contribution is 5.84. The van der Waals surface area contributed by atoms with E-state index in [4.69, 9.17) is 9.84 Å². The topological polar surface area (TPSA) is 53.0 Å². The fraction of sp³-hybridized carbons (Fsp3) is 0.650. The van der Waals surface area contributed by atoms with E-state index in [-0.39, 0.29) is 23.8 Å². The standard InChI is InChI=1S/C20H30N2O3/c1-21-16-20(7-9-22(10-8-20)11-13-25-14-12-23)15-18(19(21)24)17-5-3-2-4-6-17/h2-6,18,23H,7-16H2,1H3/t18-/m0/s1. The molecule has 2 saturated heterocycles. The number of nitrogens with zero attached hydrogens (tertiary/aromatic N) is 2. The second kappa shape index (κ2) is 8.30. The number of likely N-dealkylation sites (tertiary alicyclic amines) is 2. The molecule has 0 aromatic heterocycles. The third-order valence-corrected chi connectivity index (χ3v) is 5.79. The van der Waals surface area contributed by atoms with E-state index in [0.717, 1.165) is 51.0 Å². The van der Waals surface area contributed by atoms with Crippen molar-refractivity contribution in [3.8, 4) is 0 Å². The molecular weight excluding hydrogens is 316 g/mol. The zero-order chi connectivity index (χ0) is 17.7. The maximum Gasteiger partial charge on any atom is 0.229 e. The Bertz CT molecular complexity index is 555. The van der Waals surface area contributed by atoms with Gasteiger partial charge in [0, 0.05) is 20.1 Å². The fourth-order valence-electron chi connectivity index (χ4n) is 4.35. The number of carbonyl (C=O) groups is 1. The molecule has 2 fully saturated rings. The van der Waals surface area contributed by atoms with Gasteiger partial charge in [0.05, 0.1) is 25.7 Å². The lowest BCUT2D eigenvalue weighted by Gasteiger charge is -2.49. The van der Waals surface area contributed by atoms with E-state index in [1.807, 2.05) is 30.1 Å². The first-order chi connectivity index (χ1) is 12.1. The number of aliphatic hydroxyl groups excluding tert-OH is 1. The number of ether oxygens (including phenoxy) is 1. The molecule has 1 N–H and O–H groups in total. The number of likely N-dealkylation sites (N-methyl/N-ethyl adjacent to an activating group) is 1. The third-order valence-electron chi connectivity index (χ3n) is 5.79. The Morgan fingerprint density at radius 2 is 1.92 bits per heavy atom. The minimum Gasteiger partial charge on any atom is -0.394 e. The lowest BCUT2D eigenvalue weighted by atomic mass is 9.68. The highest BCUT2D eigenvalue weighted by Crippen LogP contribution is 2.45. The second-order valence-corrected chi connectivity index (χ2v) is 7.54. The number of amides is 1. The normalized spacial score (nSPS) is 24.0. The highest BCUT2D eigenvalue weighted by atomic mass is 16.5. The summed E-state index contributed by atoms with van der Waals surface area (Å²) < 4.78 is 5.38. The number of hydrogen-bond acceptors (Lipinski definition) is 4. The lowest BCUT2D eigenvalue weighted by molar-refractivity contribution is -0.139. The van der Waals surface area contributed by atoms with Gasteiger partial charge in [-0.15, -0.1) is 0 Å². The number of rotatable bonds is 6. The minimum atomic E-state index is -0.000567. The van der Waals surface area contributed by atoms with Crippen molar-refractivity contribution in [3.63, 3.8) is 0 Å². The van der Waals surface area contributed by atoms with Crippen LogP contribution in [0.25, 0.3) is 0 Å². The number of hydrogen-bond donors (Lipinski definition) is 1. The van der Waals surface area contributed by atoms with Gasteiger partial charge < -0.3 is 19.6 Å². The van der Waals surface area contributed by atoms with Crippen LogP contribution in [0.4, 0.5) is 0 Å². The molecule has 5 nitrogen and oxygen atoms in total. The van der Waals surface area contributed by atoms with Crippen LogP contribution in [0.2, 0.25) is 0 Å². The van der Waals surface area contributed by atoms with Gasteiger partial charge in [-0.3, -0.25) is 4.79 Å². The Balaban J connectivity index is 1.60. The summed E-state index contributed by atoms with van der Waals surface area (Å²) in [5.41, 5.74) is 1.39. The molecule has 0 unspecified atom stereocenters. The van der Waals surface area contributed by atoms with Crippen molar-refractivity contribution in [2.45, 2.75) is 25.2 Å². The van der Waals surface area contributed by atoms with Crippen molar-refractivity contribution >= 4 is 5.91 Å². The first-order valence-corrected chi connectivity index (χ1v) is 9.34. The Morgan fingerprint density at radius 1 is 1.20 bits per heavy atom. The van der Waals surface area contributed by atoms with Gasteiger partial charge in [-0.05, 0) is 43.3 Å². The first-order valence-electron chi connectivity index (χ1n) is 9.34. The Morgan fingerprint density at radius 3 is 2.60 bits per heavy atom. The van der Waals surface area contributed by atoms with Gasteiger partial charge in [0.2, 0.25) is 5.91 Å². The van der Waals surface area contributed by atoms with Crippen molar-refractivity contribution in [1.29, 1.82) is 0 Å². The molecule has 138 valence electrons. The van der Waals surface area contributed by atoms with E-state index in [0.29, 0.717) is 13.2 Å². The Hall–Kier alpha value is -1.43. The highest BCUT2D eigenvalue weighted by Gasteiger charge is 2.44. The molecule has 0 saturated carbocycles. The predicted octanol–water partition coefficient (Wildman–Crippen LogP) is 1.72. The van der Waals surface area contributed by atoms with Crippen LogP contribution < -0.4 is 0 Å². The Kier molecular flexibility index (Phi) is 6.10. The van der Waals surface area contributed by atoms with Gasteiger partial charge in [0.15, 0.2) is 0 Å². The maximum absolute atomic E-state index is 12.7. The van der Waals surface area contributed by atoms with E-state index in [1.54, 1.807) is 0 Å². The average Bonchev–Trinajstić information content (AvgIpc) is 2.64. The van der Waals surface area contributed by atoms with Crippen LogP contribution in [0.5, 0.6) is 0 Å².